The molecule has 2 fully saturated rings. The molecule has 0 bridgehead atoms. The highest BCUT2D eigenvalue weighted by molar-refractivity contribution is 5.10. The second kappa shape index (κ2) is 6.02. The molecule has 0 spiro atoms. The van der Waals surface area contributed by atoms with E-state index in [2.05, 4.69) is 33.8 Å². The van der Waals surface area contributed by atoms with E-state index in [4.69, 9.17) is 0 Å². The Morgan fingerprint density at radius 3 is 2.84 bits per heavy atom. The highest BCUT2D eigenvalue weighted by Gasteiger charge is 2.33. The van der Waals surface area contributed by atoms with Gasteiger partial charge in [-0.2, -0.15) is 0 Å². The predicted octanol–water partition coefficient (Wildman–Crippen LogP) is 2.53. The average Bonchev–Trinajstić information content (AvgIpc) is 2.47. The lowest BCUT2D eigenvalue weighted by atomic mass is 9.95. The van der Waals surface area contributed by atoms with Crippen LogP contribution in [0.2, 0.25) is 0 Å². The van der Waals surface area contributed by atoms with Crippen molar-refractivity contribution < 1.29 is 0 Å². The molecule has 2 aliphatic heterocycles. The van der Waals surface area contributed by atoms with Crippen LogP contribution in [0.25, 0.3) is 0 Å². The minimum atomic E-state index is 0.725. The fourth-order valence-corrected chi connectivity index (χ4v) is 3.62. The van der Waals surface area contributed by atoms with E-state index in [1.54, 1.807) is 0 Å². The van der Waals surface area contributed by atoms with Gasteiger partial charge in [-0.3, -0.25) is 14.8 Å². The summed E-state index contributed by atoms with van der Waals surface area (Å²) in [5, 5.41) is 0. The Bertz CT molecular complexity index is 392. The van der Waals surface area contributed by atoms with Crippen molar-refractivity contribution >= 4 is 0 Å². The van der Waals surface area contributed by atoms with Crippen LogP contribution < -0.4 is 0 Å². The monoisotopic (exact) mass is 259 g/mol. The molecular formula is C16H25N3. The summed E-state index contributed by atoms with van der Waals surface area (Å²) in [6.07, 6.45) is 9.29. The molecule has 2 aliphatic rings. The quantitative estimate of drug-likeness (QED) is 0.831. The van der Waals surface area contributed by atoms with Gasteiger partial charge in [-0.05, 0) is 43.5 Å². The molecule has 1 aromatic rings. The first-order valence-corrected chi connectivity index (χ1v) is 7.74. The van der Waals surface area contributed by atoms with Gasteiger partial charge in [0.15, 0.2) is 0 Å². The van der Waals surface area contributed by atoms with E-state index in [1.165, 1.54) is 50.9 Å². The number of nitrogens with zero attached hydrogens (tertiary/aromatic N) is 3. The van der Waals surface area contributed by atoms with Gasteiger partial charge in [0.2, 0.25) is 0 Å². The molecule has 2 atom stereocenters. The van der Waals surface area contributed by atoms with Crippen LogP contribution in [-0.4, -0.2) is 46.5 Å². The first-order valence-electron chi connectivity index (χ1n) is 7.74. The van der Waals surface area contributed by atoms with Crippen molar-refractivity contribution in [2.75, 3.05) is 19.6 Å². The number of piperidine rings is 1. The molecule has 0 saturated carbocycles. The lowest BCUT2D eigenvalue weighted by molar-refractivity contribution is 0.00326. The molecule has 19 heavy (non-hydrogen) atoms. The third-order valence-corrected chi connectivity index (χ3v) is 4.76. The van der Waals surface area contributed by atoms with Crippen LogP contribution in [-0.2, 0) is 6.54 Å². The molecule has 0 radical (unpaired) electrons. The van der Waals surface area contributed by atoms with Crippen molar-refractivity contribution in [2.45, 2.75) is 51.2 Å². The van der Waals surface area contributed by atoms with Gasteiger partial charge in [0.05, 0.1) is 0 Å². The van der Waals surface area contributed by atoms with Gasteiger partial charge < -0.3 is 0 Å². The van der Waals surface area contributed by atoms with Crippen molar-refractivity contribution in [3.8, 4) is 0 Å². The van der Waals surface area contributed by atoms with Crippen molar-refractivity contribution in [1.82, 2.24) is 14.8 Å². The summed E-state index contributed by atoms with van der Waals surface area (Å²) in [6.45, 7) is 7.26. The second-order valence-electron chi connectivity index (χ2n) is 5.99. The Morgan fingerprint density at radius 1 is 1.21 bits per heavy atom. The normalized spacial score (nSPS) is 29.1. The Kier molecular flexibility index (Phi) is 4.14. The third kappa shape index (κ3) is 2.98. The molecule has 104 valence electrons. The number of piperazine rings is 1. The zero-order valence-electron chi connectivity index (χ0n) is 12.0. The number of fused-ring (bicyclic) bond motifs is 1. The summed E-state index contributed by atoms with van der Waals surface area (Å²) >= 11 is 0. The first-order chi connectivity index (χ1) is 9.36. The van der Waals surface area contributed by atoms with Crippen LogP contribution in [0.1, 0.15) is 38.2 Å². The maximum atomic E-state index is 4.12. The Morgan fingerprint density at radius 2 is 2.05 bits per heavy atom. The number of hydrogen-bond donors (Lipinski definition) is 0. The van der Waals surface area contributed by atoms with Gasteiger partial charge in [-0.15, -0.1) is 0 Å². The smallest absolute Gasteiger partial charge is 0.0271 e. The van der Waals surface area contributed by atoms with Crippen LogP contribution in [0, 0.1) is 0 Å². The summed E-state index contributed by atoms with van der Waals surface area (Å²) in [7, 11) is 0. The number of rotatable bonds is 3. The average molecular weight is 259 g/mol. The zero-order chi connectivity index (χ0) is 13.1. The molecule has 0 amide bonds. The Hall–Kier alpha value is -0.930. The highest BCUT2D eigenvalue weighted by atomic mass is 15.3. The maximum absolute atomic E-state index is 4.12. The van der Waals surface area contributed by atoms with Gasteiger partial charge >= 0.3 is 0 Å². The highest BCUT2D eigenvalue weighted by Crippen LogP contribution is 2.26. The molecular weight excluding hydrogens is 234 g/mol. The van der Waals surface area contributed by atoms with E-state index in [1.807, 2.05) is 12.4 Å². The molecule has 0 aromatic carbocycles. The van der Waals surface area contributed by atoms with Gasteiger partial charge in [-0.25, -0.2) is 0 Å². The predicted molar refractivity (Wildman–Crippen MR) is 77.9 cm³/mol. The van der Waals surface area contributed by atoms with E-state index in [-0.39, 0.29) is 0 Å². The van der Waals surface area contributed by atoms with Crippen LogP contribution in [0.15, 0.2) is 24.5 Å². The lowest BCUT2D eigenvalue weighted by Gasteiger charge is -2.48. The van der Waals surface area contributed by atoms with Gasteiger partial charge in [-0.1, -0.05) is 13.3 Å². The summed E-state index contributed by atoms with van der Waals surface area (Å²) in [5.74, 6) is 0. The molecule has 3 heteroatoms. The fraction of sp³-hybridized carbons (Fsp3) is 0.688. The molecule has 0 N–H and O–H groups in total. The molecule has 0 unspecified atom stereocenters. The van der Waals surface area contributed by atoms with Crippen molar-refractivity contribution in [1.29, 1.82) is 0 Å². The topological polar surface area (TPSA) is 19.4 Å². The Labute approximate surface area is 116 Å². The largest absolute Gasteiger partial charge is 0.298 e. The molecule has 3 nitrogen and oxygen atoms in total. The lowest BCUT2D eigenvalue weighted by Crippen LogP contribution is -2.58. The second-order valence-corrected chi connectivity index (χ2v) is 5.99. The minimum Gasteiger partial charge on any atom is -0.298 e. The first kappa shape index (κ1) is 13.1. The molecule has 3 rings (SSSR count). The van der Waals surface area contributed by atoms with Crippen LogP contribution in [0.5, 0.6) is 0 Å². The molecule has 3 heterocycles. The fourth-order valence-electron chi connectivity index (χ4n) is 3.62. The minimum absolute atomic E-state index is 0.725. The SMILES string of the molecule is CC[C@@H]1CN2CCCC[C@H]2CN1Cc1ccncc1. The number of aromatic nitrogens is 1. The number of hydrogen-bond acceptors (Lipinski definition) is 3. The molecule has 0 aliphatic carbocycles. The van der Waals surface area contributed by atoms with Crippen LogP contribution in [0.3, 0.4) is 0 Å². The van der Waals surface area contributed by atoms with E-state index in [0.29, 0.717) is 0 Å². The maximum Gasteiger partial charge on any atom is 0.0271 e. The van der Waals surface area contributed by atoms with Crippen molar-refractivity contribution in [3.05, 3.63) is 30.1 Å². The molecule has 2 saturated heterocycles. The van der Waals surface area contributed by atoms with Crippen LogP contribution in [0.4, 0.5) is 0 Å². The van der Waals surface area contributed by atoms with Crippen molar-refractivity contribution in [3.63, 3.8) is 0 Å². The standard InChI is InChI=1S/C16H25N3/c1-2-15-12-18-10-4-3-5-16(18)13-19(15)11-14-6-8-17-9-7-14/h6-9,15-16H,2-5,10-13H2,1H3/t15-,16+/m1/s1. The van der Waals surface area contributed by atoms with Crippen molar-refractivity contribution in [2.24, 2.45) is 0 Å². The zero-order valence-corrected chi connectivity index (χ0v) is 12.0. The van der Waals surface area contributed by atoms with Crippen LogP contribution >= 0.6 is 0 Å². The Balaban J connectivity index is 1.68. The van der Waals surface area contributed by atoms with Gasteiger partial charge in [0, 0.05) is 44.1 Å². The number of pyridine rings is 1. The summed E-state index contributed by atoms with van der Waals surface area (Å²) in [4.78, 5) is 9.55. The summed E-state index contributed by atoms with van der Waals surface area (Å²) in [5.41, 5.74) is 1.40. The summed E-state index contributed by atoms with van der Waals surface area (Å²) < 4.78 is 0. The van der Waals surface area contributed by atoms with E-state index in [0.717, 1.165) is 18.6 Å². The third-order valence-electron chi connectivity index (χ3n) is 4.76. The van der Waals surface area contributed by atoms with E-state index < -0.39 is 0 Å². The van der Waals surface area contributed by atoms with Gasteiger partial charge in [0.1, 0.15) is 0 Å². The molecule has 1 aromatic heterocycles. The van der Waals surface area contributed by atoms with E-state index >= 15 is 0 Å². The summed E-state index contributed by atoms with van der Waals surface area (Å²) in [6, 6.07) is 5.83. The van der Waals surface area contributed by atoms with Gasteiger partial charge in [0.25, 0.3) is 0 Å². The van der Waals surface area contributed by atoms with E-state index in [9.17, 15) is 0 Å².